The lowest BCUT2D eigenvalue weighted by atomic mass is 10.2. The Bertz CT molecular complexity index is 1270. The van der Waals surface area contributed by atoms with Crippen molar-refractivity contribution >= 4 is 17.7 Å². The molecular weight excluding hydrogens is 434 g/mol. The molecule has 0 amide bonds. The molecule has 0 unspecified atom stereocenters. The number of hydrogen-bond acceptors (Lipinski definition) is 7. The summed E-state index contributed by atoms with van der Waals surface area (Å²) in [6, 6.07) is 22.3. The van der Waals surface area contributed by atoms with Gasteiger partial charge in [0.05, 0.1) is 41.5 Å². The minimum atomic E-state index is 0.534. The summed E-state index contributed by atoms with van der Waals surface area (Å²) in [7, 11) is 0. The Kier molecular flexibility index (Phi) is 6.11. The van der Waals surface area contributed by atoms with Crippen LogP contribution in [0.2, 0.25) is 0 Å². The number of aromatic nitrogens is 5. The smallest absolute Gasteiger partial charge is 0.232 e. The molecule has 0 saturated carbocycles. The van der Waals surface area contributed by atoms with E-state index in [9.17, 15) is 5.26 Å². The van der Waals surface area contributed by atoms with Crippen LogP contribution in [0.25, 0.3) is 11.4 Å². The molecule has 8 nitrogen and oxygen atoms in total. The number of ether oxygens (including phenoxy) is 1. The normalized spacial score (nSPS) is 13.8. The van der Waals surface area contributed by atoms with Crippen LogP contribution in [0.1, 0.15) is 17.0 Å². The first kappa shape index (κ1) is 21.2. The largest absolute Gasteiger partial charge is 0.378 e. The zero-order chi connectivity index (χ0) is 22.6. The van der Waals surface area contributed by atoms with Gasteiger partial charge in [0.15, 0.2) is 5.16 Å². The minimum Gasteiger partial charge on any atom is -0.378 e. The standard InChI is InChI=1S/C24H23N7OS/c1-18-21(16-25)22(31(28-18)20-10-6-3-7-11-20)17-33-24-27-26-23(29-12-14-32-15-13-29)30(24)19-8-4-2-5-9-19/h2-11H,12-15,17H2,1H3. The van der Waals surface area contributed by atoms with E-state index in [1.54, 1.807) is 11.8 Å². The number of benzene rings is 2. The van der Waals surface area contributed by atoms with E-state index in [1.165, 1.54) is 0 Å². The maximum absolute atomic E-state index is 9.80. The number of morpholine rings is 1. The fourth-order valence-electron chi connectivity index (χ4n) is 3.90. The van der Waals surface area contributed by atoms with Gasteiger partial charge in [0.2, 0.25) is 5.95 Å². The third kappa shape index (κ3) is 4.23. The molecule has 9 heteroatoms. The molecule has 3 heterocycles. The van der Waals surface area contributed by atoms with Crippen molar-refractivity contribution in [3.05, 3.63) is 77.6 Å². The average molecular weight is 458 g/mol. The van der Waals surface area contributed by atoms with Crippen LogP contribution in [0.3, 0.4) is 0 Å². The minimum absolute atomic E-state index is 0.534. The summed E-state index contributed by atoms with van der Waals surface area (Å²) in [5.41, 5.74) is 4.10. The number of hydrogen-bond donors (Lipinski definition) is 0. The molecule has 0 atom stereocenters. The summed E-state index contributed by atoms with van der Waals surface area (Å²) in [6.07, 6.45) is 0. The molecule has 0 bridgehead atoms. The van der Waals surface area contributed by atoms with Gasteiger partial charge in [-0.1, -0.05) is 48.2 Å². The summed E-state index contributed by atoms with van der Waals surface area (Å²) < 4.78 is 9.45. The summed E-state index contributed by atoms with van der Waals surface area (Å²) >= 11 is 1.55. The van der Waals surface area contributed by atoms with E-state index in [1.807, 2.05) is 60.1 Å². The van der Waals surface area contributed by atoms with Crippen LogP contribution < -0.4 is 4.90 Å². The van der Waals surface area contributed by atoms with Gasteiger partial charge >= 0.3 is 0 Å². The molecule has 5 rings (SSSR count). The van der Waals surface area contributed by atoms with Crippen molar-refractivity contribution in [2.45, 2.75) is 17.8 Å². The van der Waals surface area contributed by atoms with E-state index in [0.717, 1.165) is 47.0 Å². The van der Waals surface area contributed by atoms with Gasteiger partial charge in [0.1, 0.15) is 6.07 Å². The van der Waals surface area contributed by atoms with Crippen molar-refractivity contribution in [3.8, 4) is 17.4 Å². The summed E-state index contributed by atoms with van der Waals surface area (Å²) in [5.74, 6) is 1.34. The topological polar surface area (TPSA) is 84.8 Å². The lowest BCUT2D eigenvalue weighted by molar-refractivity contribution is 0.122. The van der Waals surface area contributed by atoms with Crippen LogP contribution in [0, 0.1) is 18.3 Å². The maximum Gasteiger partial charge on any atom is 0.232 e. The van der Waals surface area contributed by atoms with Crippen molar-refractivity contribution in [3.63, 3.8) is 0 Å². The Labute approximate surface area is 196 Å². The van der Waals surface area contributed by atoms with Gasteiger partial charge in [-0.15, -0.1) is 10.2 Å². The van der Waals surface area contributed by atoms with E-state index in [0.29, 0.717) is 24.5 Å². The molecule has 4 aromatic rings. The third-order valence-electron chi connectivity index (χ3n) is 5.53. The third-order valence-corrected chi connectivity index (χ3v) is 6.47. The van der Waals surface area contributed by atoms with Crippen molar-refractivity contribution in [1.29, 1.82) is 5.26 Å². The second-order valence-electron chi connectivity index (χ2n) is 7.61. The van der Waals surface area contributed by atoms with Crippen LogP contribution in [0.4, 0.5) is 5.95 Å². The van der Waals surface area contributed by atoms with Gasteiger partial charge in [-0.3, -0.25) is 4.57 Å². The second kappa shape index (κ2) is 9.48. The molecule has 0 aliphatic carbocycles. The predicted molar refractivity (Wildman–Crippen MR) is 127 cm³/mol. The van der Waals surface area contributed by atoms with Gasteiger partial charge in [0, 0.05) is 18.8 Å². The monoisotopic (exact) mass is 457 g/mol. The first-order chi connectivity index (χ1) is 16.3. The summed E-state index contributed by atoms with van der Waals surface area (Å²) in [5, 5.41) is 24.3. The molecule has 1 aliphatic heterocycles. The van der Waals surface area contributed by atoms with E-state index >= 15 is 0 Å². The number of para-hydroxylation sites is 2. The molecule has 0 radical (unpaired) electrons. The highest BCUT2D eigenvalue weighted by Gasteiger charge is 2.23. The highest BCUT2D eigenvalue weighted by Crippen LogP contribution is 2.31. The molecule has 1 aliphatic rings. The fourth-order valence-corrected chi connectivity index (χ4v) is 4.84. The zero-order valence-electron chi connectivity index (χ0n) is 18.3. The van der Waals surface area contributed by atoms with Crippen LogP contribution in [-0.2, 0) is 10.5 Å². The quantitative estimate of drug-likeness (QED) is 0.408. The number of rotatable bonds is 6. The Morgan fingerprint density at radius 1 is 0.970 bits per heavy atom. The van der Waals surface area contributed by atoms with Crippen molar-refractivity contribution < 1.29 is 4.74 Å². The number of nitriles is 1. The van der Waals surface area contributed by atoms with Crippen LogP contribution >= 0.6 is 11.8 Å². The average Bonchev–Trinajstić information content (AvgIpc) is 3.44. The Balaban J connectivity index is 1.51. The molecule has 2 aromatic heterocycles. The lowest BCUT2D eigenvalue weighted by Gasteiger charge is -2.27. The van der Waals surface area contributed by atoms with Crippen molar-refractivity contribution in [1.82, 2.24) is 24.5 Å². The number of anilines is 1. The molecule has 33 heavy (non-hydrogen) atoms. The fraction of sp³-hybridized carbons (Fsp3) is 0.250. The Morgan fingerprint density at radius 2 is 1.64 bits per heavy atom. The molecule has 2 aromatic carbocycles. The lowest BCUT2D eigenvalue weighted by Crippen LogP contribution is -2.37. The maximum atomic E-state index is 9.80. The molecule has 1 saturated heterocycles. The SMILES string of the molecule is Cc1nn(-c2ccccc2)c(CSc2nnc(N3CCOCC3)n2-c2ccccc2)c1C#N. The van der Waals surface area contributed by atoms with E-state index < -0.39 is 0 Å². The van der Waals surface area contributed by atoms with Crippen molar-refractivity contribution in [2.75, 3.05) is 31.2 Å². The molecule has 166 valence electrons. The van der Waals surface area contributed by atoms with E-state index in [-0.39, 0.29) is 0 Å². The molecule has 0 N–H and O–H groups in total. The van der Waals surface area contributed by atoms with E-state index in [2.05, 4.69) is 43.0 Å². The highest BCUT2D eigenvalue weighted by molar-refractivity contribution is 7.98. The Hall–Kier alpha value is -3.61. The second-order valence-corrected chi connectivity index (χ2v) is 8.55. The van der Waals surface area contributed by atoms with Crippen LogP contribution in [0.15, 0.2) is 65.8 Å². The van der Waals surface area contributed by atoms with Gasteiger partial charge in [-0.2, -0.15) is 10.4 Å². The highest BCUT2D eigenvalue weighted by atomic mass is 32.2. The van der Waals surface area contributed by atoms with Crippen LogP contribution in [0.5, 0.6) is 0 Å². The van der Waals surface area contributed by atoms with Gasteiger partial charge in [-0.25, -0.2) is 4.68 Å². The predicted octanol–water partition coefficient (Wildman–Crippen LogP) is 3.76. The molecular formula is C24H23N7OS. The van der Waals surface area contributed by atoms with Gasteiger partial charge in [0.25, 0.3) is 0 Å². The first-order valence-corrected chi connectivity index (χ1v) is 11.7. The number of thioether (sulfide) groups is 1. The first-order valence-electron chi connectivity index (χ1n) is 10.8. The molecule has 0 spiro atoms. The zero-order valence-corrected chi connectivity index (χ0v) is 19.1. The van der Waals surface area contributed by atoms with Gasteiger partial charge < -0.3 is 9.64 Å². The van der Waals surface area contributed by atoms with E-state index in [4.69, 9.17) is 4.74 Å². The van der Waals surface area contributed by atoms with Crippen LogP contribution in [-0.4, -0.2) is 50.8 Å². The van der Waals surface area contributed by atoms with Gasteiger partial charge in [-0.05, 0) is 31.2 Å². The molecule has 1 fully saturated rings. The Morgan fingerprint density at radius 3 is 2.30 bits per heavy atom. The van der Waals surface area contributed by atoms with Crippen molar-refractivity contribution in [2.24, 2.45) is 0 Å². The number of aryl methyl sites for hydroxylation is 1. The summed E-state index contributed by atoms with van der Waals surface area (Å²) in [6.45, 7) is 4.76. The summed E-state index contributed by atoms with van der Waals surface area (Å²) in [4.78, 5) is 2.20. The number of nitrogens with zero attached hydrogens (tertiary/aromatic N) is 7.